The number of carbonyl (C=O) groups excluding carboxylic acids is 1. The van der Waals surface area contributed by atoms with Gasteiger partial charge >= 0.3 is 11.9 Å². The van der Waals surface area contributed by atoms with Gasteiger partial charge < -0.3 is 20.8 Å². The van der Waals surface area contributed by atoms with Crippen LogP contribution in [0.2, 0.25) is 0 Å². The van der Waals surface area contributed by atoms with Gasteiger partial charge in [0.1, 0.15) is 12.1 Å². The molecule has 0 spiro atoms. The third-order valence-corrected chi connectivity index (χ3v) is 6.17. The number of rotatable bonds is 9. The molecule has 0 bridgehead atoms. The maximum atomic E-state index is 12.8. The van der Waals surface area contributed by atoms with E-state index in [2.05, 4.69) is 5.32 Å². The lowest BCUT2D eigenvalue weighted by Crippen LogP contribution is -2.53. The molecule has 2 aromatic rings. The highest BCUT2D eigenvalue weighted by atomic mass is 32.1. The minimum absolute atomic E-state index is 0.181. The minimum Gasteiger partial charge on any atom is -0.480 e. The van der Waals surface area contributed by atoms with Crippen molar-refractivity contribution in [2.24, 2.45) is 5.73 Å². The molecule has 3 rings (SSSR count). The molecule has 0 saturated heterocycles. The largest absolute Gasteiger partial charge is 0.480 e. The number of nitrogens with one attached hydrogen (secondary N) is 1. The molecule has 0 unspecified atom stereocenters. The summed E-state index contributed by atoms with van der Waals surface area (Å²) in [5.74, 6) is -2.51. The number of aryl methyl sites for hydroxylation is 1. The Morgan fingerprint density at radius 1 is 1.20 bits per heavy atom. The zero-order valence-corrected chi connectivity index (χ0v) is 17.2. The first kappa shape index (κ1) is 21.9. The van der Waals surface area contributed by atoms with Gasteiger partial charge in [0, 0.05) is 11.3 Å². The van der Waals surface area contributed by atoms with Crippen LogP contribution in [0.4, 0.5) is 0 Å². The third kappa shape index (κ3) is 5.44. The molecule has 160 valence electrons. The Kier molecular flexibility index (Phi) is 7.20. The van der Waals surface area contributed by atoms with Crippen LogP contribution < -0.4 is 11.1 Å². The number of carboxylic acid groups (broad SMARTS) is 2. The molecule has 5 N–H and O–H groups in total. The summed E-state index contributed by atoms with van der Waals surface area (Å²) >= 11 is 1.49. The average molecular weight is 432 g/mol. The Morgan fingerprint density at radius 3 is 2.60 bits per heavy atom. The lowest BCUT2D eigenvalue weighted by atomic mass is 9.99. The molecule has 0 saturated carbocycles. The molecule has 1 amide bonds. The first-order valence-corrected chi connectivity index (χ1v) is 10.6. The molecule has 1 aromatic carbocycles. The molecule has 2 heterocycles. The van der Waals surface area contributed by atoms with E-state index < -0.39 is 36.1 Å². The van der Waals surface area contributed by atoms with Crippen molar-refractivity contribution in [1.82, 2.24) is 10.2 Å². The van der Waals surface area contributed by atoms with Crippen LogP contribution in [0, 0.1) is 0 Å². The van der Waals surface area contributed by atoms with Crippen LogP contribution in [0.5, 0.6) is 0 Å². The van der Waals surface area contributed by atoms with Gasteiger partial charge in [-0.1, -0.05) is 30.3 Å². The molecule has 1 aliphatic heterocycles. The SMILES string of the molecule is N[C@@H](CC(=O)N1Cc2sccc2C[C@H]1C(=O)O)N[C@H](CCc1ccccc1)C(=O)O. The van der Waals surface area contributed by atoms with Crippen LogP contribution in [0.3, 0.4) is 0 Å². The van der Waals surface area contributed by atoms with Crippen LogP contribution in [0.25, 0.3) is 0 Å². The lowest BCUT2D eigenvalue weighted by Gasteiger charge is -2.34. The number of thiophene rings is 1. The number of amides is 1. The van der Waals surface area contributed by atoms with E-state index in [1.165, 1.54) is 16.2 Å². The molecule has 0 radical (unpaired) electrons. The second-order valence-corrected chi connectivity index (χ2v) is 8.34. The van der Waals surface area contributed by atoms with E-state index in [1.807, 2.05) is 41.8 Å². The van der Waals surface area contributed by atoms with E-state index in [9.17, 15) is 24.6 Å². The van der Waals surface area contributed by atoms with Gasteiger partial charge in [-0.3, -0.25) is 14.9 Å². The van der Waals surface area contributed by atoms with E-state index in [4.69, 9.17) is 5.73 Å². The quantitative estimate of drug-likeness (QED) is 0.442. The number of hydrogen-bond donors (Lipinski definition) is 4. The van der Waals surface area contributed by atoms with Gasteiger partial charge in [0.25, 0.3) is 0 Å². The van der Waals surface area contributed by atoms with Crippen molar-refractivity contribution in [3.63, 3.8) is 0 Å². The van der Waals surface area contributed by atoms with Crippen molar-refractivity contribution in [3.05, 3.63) is 57.8 Å². The van der Waals surface area contributed by atoms with Gasteiger partial charge in [-0.05, 0) is 35.4 Å². The highest BCUT2D eigenvalue weighted by Crippen LogP contribution is 2.28. The summed E-state index contributed by atoms with van der Waals surface area (Å²) < 4.78 is 0. The molecule has 0 aliphatic carbocycles. The normalized spacial score (nSPS) is 17.8. The molecule has 1 aromatic heterocycles. The van der Waals surface area contributed by atoms with Crippen LogP contribution in [0.15, 0.2) is 41.8 Å². The van der Waals surface area contributed by atoms with Crippen molar-refractivity contribution < 1.29 is 24.6 Å². The molecule has 3 atom stereocenters. The summed E-state index contributed by atoms with van der Waals surface area (Å²) in [5, 5.41) is 23.7. The number of nitrogens with two attached hydrogens (primary N) is 1. The van der Waals surface area contributed by atoms with Gasteiger partial charge in [0.15, 0.2) is 0 Å². The molecule has 8 nitrogen and oxygen atoms in total. The smallest absolute Gasteiger partial charge is 0.326 e. The van der Waals surface area contributed by atoms with E-state index in [0.29, 0.717) is 12.8 Å². The van der Waals surface area contributed by atoms with Gasteiger partial charge in [-0.15, -0.1) is 11.3 Å². The second kappa shape index (κ2) is 9.84. The van der Waals surface area contributed by atoms with Crippen LogP contribution in [0.1, 0.15) is 28.8 Å². The predicted molar refractivity (Wildman–Crippen MR) is 112 cm³/mol. The summed E-state index contributed by atoms with van der Waals surface area (Å²) in [6.07, 6.45) is 0.0616. The molecular weight excluding hydrogens is 406 g/mol. The number of aliphatic carboxylic acids is 2. The highest BCUT2D eigenvalue weighted by molar-refractivity contribution is 7.10. The Bertz CT molecular complexity index is 901. The average Bonchev–Trinajstić information content (AvgIpc) is 3.18. The van der Waals surface area contributed by atoms with E-state index >= 15 is 0 Å². The summed E-state index contributed by atoms with van der Waals surface area (Å²) in [6.45, 7) is 0.228. The van der Waals surface area contributed by atoms with Gasteiger partial charge in [0.05, 0.1) is 19.1 Å². The number of carbonyl (C=O) groups is 3. The van der Waals surface area contributed by atoms with Gasteiger partial charge in [0.2, 0.25) is 5.91 Å². The number of hydrogen-bond acceptors (Lipinski definition) is 6. The molecule has 1 aliphatic rings. The molecule has 9 heteroatoms. The van der Waals surface area contributed by atoms with E-state index in [0.717, 1.165) is 16.0 Å². The summed E-state index contributed by atoms with van der Waals surface area (Å²) in [6, 6.07) is 9.54. The maximum Gasteiger partial charge on any atom is 0.326 e. The monoisotopic (exact) mass is 431 g/mol. The van der Waals surface area contributed by atoms with Crippen molar-refractivity contribution in [2.45, 2.75) is 50.5 Å². The summed E-state index contributed by atoms with van der Waals surface area (Å²) in [5.41, 5.74) is 7.98. The predicted octanol–water partition coefficient (Wildman–Crippen LogP) is 1.44. The van der Waals surface area contributed by atoms with E-state index in [1.54, 1.807) is 0 Å². The van der Waals surface area contributed by atoms with Crippen molar-refractivity contribution in [3.8, 4) is 0 Å². The Hall–Kier alpha value is -2.75. The fourth-order valence-electron chi connectivity index (χ4n) is 3.61. The zero-order chi connectivity index (χ0) is 21.7. The fourth-order valence-corrected chi connectivity index (χ4v) is 4.52. The summed E-state index contributed by atoms with van der Waals surface area (Å²) in [4.78, 5) is 38.3. The number of fused-ring (bicyclic) bond motifs is 1. The van der Waals surface area contributed by atoms with Crippen molar-refractivity contribution >= 4 is 29.2 Å². The Balaban J connectivity index is 1.59. The molecule has 0 fully saturated rings. The van der Waals surface area contributed by atoms with Crippen molar-refractivity contribution in [1.29, 1.82) is 0 Å². The van der Waals surface area contributed by atoms with Gasteiger partial charge in [-0.25, -0.2) is 4.79 Å². The standard InChI is InChI=1S/C21H25N3O5S/c22-18(23-15(20(26)27)7-6-13-4-2-1-3-5-13)11-19(25)24-12-17-14(8-9-30-17)10-16(24)21(28)29/h1-5,8-9,15-16,18,23H,6-7,10-12,22H2,(H,26,27)(H,28,29)/t15-,16+,18-/m1/s1. The number of nitrogens with zero attached hydrogens (tertiary/aromatic N) is 1. The maximum absolute atomic E-state index is 12.8. The third-order valence-electron chi connectivity index (χ3n) is 5.22. The number of carboxylic acids is 2. The van der Waals surface area contributed by atoms with Crippen LogP contribution in [-0.2, 0) is 33.8 Å². The topological polar surface area (TPSA) is 133 Å². The Morgan fingerprint density at radius 2 is 1.93 bits per heavy atom. The van der Waals surface area contributed by atoms with Gasteiger partial charge in [-0.2, -0.15) is 0 Å². The summed E-state index contributed by atoms with van der Waals surface area (Å²) in [7, 11) is 0. The first-order chi connectivity index (χ1) is 14.3. The zero-order valence-electron chi connectivity index (χ0n) is 16.4. The molecular formula is C21H25N3O5S. The first-order valence-electron chi connectivity index (χ1n) is 9.71. The van der Waals surface area contributed by atoms with Crippen LogP contribution in [-0.4, -0.2) is 51.2 Å². The van der Waals surface area contributed by atoms with Crippen LogP contribution >= 0.6 is 11.3 Å². The minimum atomic E-state index is -1.06. The second-order valence-electron chi connectivity index (χ2n) is 7.34. The molecule has 30 heavy (non-hydrogen) atoms. The fraction of sp³-hybridized carbons (Fsp3) is 0.381. The highest BCUT2D eigenvalue weighted by Gasteiger charge is 2.35. The number of benzene rings is 1. The van der Waals surface area contributed by atoms with E-state index in [-0.39, 0.29) is 19.4 Å². The van der Waals surface area contributed by atoms with Crippen molar-refractivity contribution in [2.75, 3.05) is 0 Å². The lowest BCUT2D eigenvalue weighted by molar-refractivity contribution is -0.151. The Labute approximate surface area is 178 Å².